The van der Waals surface area contributed by atoms with Gasteiger partial charge >= 0.3 is 0 Å². The number of benzene rings is 1. The monoisotopic (exact) mass is 274 g/mol. The Kier molecular flexibility index (Phi) is 6.57. The summed E-state index contributed by atoms with van der Waals surface area (Å²) in [5.41, 5.74) is 1.04. The fraction of sp³-hybridized carbons (Fsp3) is 0.353. The van der Waals surface area contributed by atoms with E-state index in [1.165, 1.54) is 0 Å². The van der Waals surface area contributed by atoms with Gasteiger partial charge in [0.2, 0.25) is 0 Å². The van der Waals surface area contributed by atoms with Gasteiger partial charge in [-0.2, -0.15) is 0 Å². The van der Waals surface area contributed by atoms with Crippen molar-refractivity contribution in [3.05, 3.63) is 49.1 Å². The Labute approximate surface area is 120 Å². The predicted molar refractivity (Wildman–Crippen MR) is 81.5 cm³/mol. The van der Waals surface area contributed by atoms with E-state index in [0.29, 0.717) is 17.9 Å². The molecule has 0 amide bonds. The highest BCUT2D eigenvalue weighted by molar-refractivity contribution is 5.57. The Hall–Kier alpha value is -2.03. The molecule has 0 bridgehead atoms. The SMILES string of the molecule is C=CCC(C=O)C(CC=C)c1ccc(OC)c(OC)c1. The van der Waals surface area contributed by atoms with Crippen LogP contribution in [0.2, 0.25) is 0 Å². The number of aldehydes is 1. The lowest BCUT2D eigenvalue weighted by atomic mass is 9.82. The molecule has 0 aromatic heterocycles. The molecule has 2 unspecified atom stereocenters. The van der Waals surface area contributed by atoms with E-state index in [4.69, 9.17) is 9.47 Å². The van der Waals surface area contributed by atoms with Crippen LogP contribution in [0.25, 0.3) is 0 Å². The van der Waals surface area contributed by atoms with E-state index in [1.807, 2.05) is 24.3 Å². The Bertz CT molecular complexity index is 465. The molecule has 1 aromatic carbocycles. The maximum absolute atomic E-state index is 11.3. The first-order valence-electron chi connectivity index (χ1n) is 6.60. The van der Waals surface area contributed by atoms with Gasteiger partial charge < -0.3 is 14.3 Å². The quantitative estimate of drug-likeness (QED) is 0.508. The lowest BCUT2D eigenvalue weighted by Gasteiger charge is -2.22. The van der Waals surface area contributed by atoms with Gasteiger partial charge in [-0.05, 0) is 36.5 Å². The minimum absolute atomic E-state index is 0.0720. The second kappa shape index (κ2) is 8.20. The van der Waals surface area contributed by atoms with Crippen LogP contribution < -0.4 is 9.47 Å². The van der Waals surface area contributed by atoms with Crippen LogP contribution in [0, 0.1) is 5.92 Å². The minimum atomic E-state index is -0.108. The molecular weight excluding hydrogens is 252 g/mol. The number of allylic oxidation sites excluding steroid dienone is 2. The number of rotatable bonds is 9. The van der Waals surface area contributed by atoms with Crippen LogP contribution in [0.15, 0.2) is 43.5 Å². The Balaban J connectivity index is 3.16. The number of hydrogen-bond donors (Lipinski definition) is 0. The van der Waals surface area contributed by atoms with Gasteiger partial charge in [-0.15, -0.1) is 13.2 Å². The standard InChI is InChI=1S/C17H22O3/c1-5-7-14(12-18)15(8-6-2)13-9-10-16(19-3)17(11-13)20-4/h5-6,9-12,14-15H,1-2,7-8H2,3-4H3. The van der Waals surface area contributed by atoms with Gasteiger partial charge in [0.05, 0.1) is 14.2 Å². The van der Waals surface area contributed by atoms with Crippen LogP contribution in [-0.4, -0.2) is 20.5 Å². The van der Waals surface area contributed by atoms with Gasteiger partial charge in [-0.25, -0.2) is 0 Å². The van der Waals surface area contributed by atoms with Crippen molar-refractivity contribution in [1.82, 2.24) is 0 Å². The lowest BCUT2D eigenvalue weighted by molar-refractivity contribution is -0.111. The summed E-state index contributed by atoms with van der Waals surface area (Å²) < 4.78 is 10.6. The molecule has 20 heavy (non-hydrogen) atoms. The summed E-state index contributed by atoms with van der Waals surface area (Å²) in [4.78, 5) is 11.3. The summed E-state index contributed by atoms with van der Waals surface area (Å²) in [6.07, 6.45) is 5.98. The summed E-state index contributed by atoms with van der Waals surface area (Å²) in [5, 5.41) is 0. The topological polar surface area (TPSA) is 35.5 Å². The van der Waals surface area contributed by atoms with E-state index in [0.717, 1.165) is 18.3 Å². The number of ether oxygens (including phenoxy) is 2. The van der Waals surface area contributed by atoms with E-state index >= 15 is 0 Å². The highest BCUT2D eigenvalue weighted by Gasteiger charge is 2.22. The van der Waals surface area contributed by atoms with Crippen LogP contribution in [-0.2, 0) is 4.79 Å². The molecule has 0 saturated heterocycles. The zero-order valence-corrected chi connectivity index (χ0v) is 12.2. The number of hydrogen-bond acceptors (Lipinski definition) is 3. The summed E-state index contributed by atoms with van der Waals surface area (Å²) in [6, 6.07) is 5.75. The fourth-order valence-electron chi connectivity index (χ4n) is 2.33. The third kappa shape index (κ3) is 3.73. The molecule has 0 aliphatic rings. The largest absolute Gasteiger partial charge is 0.493 e. The molecule has 0 saturated carbocycles. The maximum atomic E-state index is 11.3. The molecule has 0 heterocycles. The van der Waals surface area contributed by atoms with Crippen molar-refractivity contribution in [2.24, 2.45) is 5.92 Å². The van der Waals surface area contributed by atoms with Crippen LogP contribution in [0.4, 0.5) is 0 Å². The van der Waals surface area contributed by atoms with E-state index in [1.54, 1.807) is 20.3 Å². The van der Waals surface area contributed by atoms with Gasteiger partial charge in [-0.1, -0.05) is 18.2 Å². The van der Waals surface area contributed by atoms with Crippen molar-refractivity contribution < 1.29 is 14.3 Å². The summed E-state index contributed by atoms with van der Waals surface area (Å²) in [6.45, 7) is 7.50. The first kappa shape index (κ1) is 16.0. The van der Waals surface area contributed by atoms with E-state index in [2.05, 4.69) is 13.2 Å². The summed E-state index contributed by atoms with van der Waals surface area (Å²) in [7, 11) is 3.20. The summed E-state index contributed by atoms with van der Waals surface area (Å²) >= 11 is 0. The highest BCUT2D eigenvalue weighted by Crippen LogP contribution is 2.35. The molecule has 0 radical (unpaired) electrons. The number of carbonyl (C=O) groups excluding carboxylic acids is 1. The molecule has 0 aliphatic carbocycles. The molecule has 0 fully saturated rings. The molecule has 0 aliphatic heterocycles. The molecule has 2 atom stereocenters. The second-order valence-electron chi connectivity index (χ2n) is 4.57. The van der Waals surface area contributed by atoms with Crippen molar-refractivity contribution in [3.8, 4) is 11.5 Å². The van der Waals surface area contributed by atoms with Crippen LogP contribution in [0.5, 0.6) is 11.5 Å². The minimum Gasteiger partial charge on any atom is -0.493 e. The van der Waals surface area contributed by atoms with Gasteiger partial charge in [0.15, 0.2) is 11.5 Å². The van der Waals surface area contributed by atoms with Crippen LogP contribution in [0.1, 0.15) is 24.3 Å². The third-order valence-corrected chi connectivity index (χ3v) is 3.39. The molecular formula is C17H22O3. The first-order chi connectivity index (χ1) is 9.71. The molecule has 3 nitrogen and oxygen atoms in total. The van der Waals surface area contributed by atoms with Crippen molar-refractivity contribution >= 4 is 6.29 Å². The van der Waals surface area contributed by atoms with Gasteiger partial charge in [-0.3, -0.25) is 0 Å². The maximum Gasteiger partial charge on any atom is 0.160 e. The summed E-state index contributed by atoms with van der Waals surface area (Å²) in [5.74, 6) is 1.31. The highest BCUT2D eigenvalue weighted by atomic mass is 16.5. The van der Waals surface area contributed by atoms with E-state index < -0.39 is 0 Å². The number of carbonyl (C=O) groups is 1. The fourth-order valence-corrected chi connectivity index (χ4v) is 2.33. The molecule has 0 N–H and O–H groups in total. The molecule has 1 aromatic rings. The van der Waals surface area contributed by atoms with Gasteiger partial charge in [0.25, 0.3) is 0 Å². The van der Waals surface area contributed by atoms with Crippen molar-refractivity contribution in [2.75, 3.05) is 14.2 Å². The normalized spacial score (nSPS) is 13.1. The smallest absolute Gasteiger partial charge is 0.160 e. The Morgan fingerprint density at radius 2 is 1.75 bits per heavy atom. The lowest BCUT2D eigenvalue weighted by Crippen LogP contribution is -2.13. The zero-order chi connectivity index (χ0) is 15.0. The van der Waals surface area contributed by atoms with Crippen LogP contribution >= 0.6 is 0 Å². The third-order valence-electron chi connectivity index (χ3n) is 3.39. The zero-order valence-electron chi connectivity index (χ0n) is 12.2. The average Bonchev–Trinajstić information content (AvgIpc) is 2.50. The van der Waals surface area contributed by atoms with Crippen LogP contribution in [0.3, 0.4) is 0 Å². The van der Waals surface area contributed by atoms with Gasteiger partial charge in [0, 0.05) is 5.92 Å². The predicted octanol–water partition coefficient (Wildman–Crippen LogP) is 3.75. The number of methoxy groups -OCH3 is 2. The van der Waals surface area contributed by atoms with E-state index in [-0.39, 0.29) is 11.8 Å². The van der Waals surface area contributed by atoms with Crippen molar-refractivity contribution in [2.45, 2.75) is 18.8 Å². The molecule has 108 valence electrons. The molecule has 0 spiro atoms. The Morgan fingerprint density at radius 1 is 1.10 bits per heavy atom. The Morgan fingerprint density at radius 3 is 2.25 bits per heavy atom. The molecule has 3 heteroatoms. The molecule has 1 rings (SSSR count). The average molecular weight is 274 g/mol. The second-order valence-corrected chi connectivity index (χ2v) is 4.57. The first-order valence-corrected chi connectivity index (χ1v) is 6.60. The van der Waals surface area contributed by atoms with E-state index in [9.17, 15) is 4.79 Å². The van der Waals surface area contributed by atoms with Crippen molar-refractivity contribution in [1.29, 1.82) is 0 Å². The van der Waals surface area contributed by atoms with Gasteiger partial charge in [0.1, 0.15) is 6.29 Å². The van der Waals surface area contributed by atoms with Crippen molar-refractivity contribution in [3.63, 3.8) is 0 Å².